The molecule has 6 nitrogen and oxygen atoms in total. The van der Waals surface area contributed by atoms with Gasteiger partial charge in [0, 0.05) is 23.5 Å². The van der Waals surface area contributed by atoms with Crippen molar-refractivity contribution in [2.24, 2.45) is 0 Å². The van der Waals surface area contributed by atoms with E-state index in [1.54, 1.807) is 18.3 Å². The maximum absolute atomic E-state index is 11.9. The van der Waals surface area contributed by atoms with Gasteiger partial charge in [0.05, 0.1) is 6.54 Å². The first kappa shape index (κ1) is 15.9. The minimum absolute atomic E-state index is 0.0526. The van der Waals surface area contributed by atoms with Gasteiger partial charge >= 0.3 is 5.69 Å². The summed E-state index contributed by atoms with van der Waals surface area (Å²) in [7, 11) is 0. The largest absolute Gasteiger partial charge is 0.483 e. The highest BCUT2D eigenvalue weighted by atomic mass is 32.1. The predicted molar refractivity (Wildman–Crippen MR) is 92.5 cm³/mol. The van der Waals surface area contributed by atoms with Crippen LogP contribution in [0.2, 0.25) is 0 Å². The van der Waals surface area contributed by atoms with Crippen molar-refractivity contribution in [3.8, 4) is 5.75 Å². The van der Waals surface area contributed by atoms with Crippen LogP contribution in [-0.4, -0.2) is 22.1 Å². The van der Waals surface area contributed by atoms with E-state index in [0.29, 0.717) is 18.0 Å². The maximum atomic E-state index is 11.9. The summed E-state index contributed by atoms with van der Waals surface area (Å²) in [6.07, 6.45) is 3.14. The number of carbonyl (C=O) groups excluding carboxylic acids is 1. The van der Waals surface area contributed by atoms with E-state index in [1.807, 2.05) is 35.0 Å². The molecule has 0 aliphatic rings. The van der Waals surface area contributed by atoms with Gasteiger partial charge in [-0.3, -0.25) is 9.36 Å². The van der Waals surface area contributed by atoms with Gasteiger partial charge < -0.3 is 10.1 Å². The molecule has 1 aromatic carbocycles. The number of thiophene rings is 1. The molecule has 0 aliphatic carbocycles. The topological polar surface area (TPSA) is 73.2 Å². The number of hydrogen-bond donors (Lipinski definition) is 1. The Kier molecular flexibility index (Phi) is 5.02. The van der Waals surface area contributed by atoms with Crippen molar-refractivity contribution in [2.75, 3.05) is 11.9 Å². The smallest absolute Gasteiger partial charge is 0.347 e. The number of carbonyl (C=O) groups is 1. The second-order valence-corrected chi connectivity index (χ2v) is 5.81. The van der Waals surface area contributed by atoms with Gasteiger partial charge in [0.25, 0.3) is 5.91 Å². The first-order valence-corrected chi connectivity index (χ1v) is 8.20. The summed E-state index contributed by atoms with van der Waals surface area (Å²) in [4.78, 5) is 27.3. The maximum Gasteiger partial charge on any atom is 0.347 e. The molecule has 3 rings (SSSR count). The average Bonchev–Trinajstić information content (AvgIpc) is 3.09. The van der Waals surface area contributed by atoms with Gasteiger partial charge in [-0.25, -0.2) is 9.78 Å². The molecule has 0 unspecified atom stereocenters. The molecule has 1 N–H and O–H groups in total. The molecule has 0 fully saturated rings. The quantitative estimate of drug-likeness (QED) is 0.747. The Bertz CT molecular complexity index is 875. The molecule has 2 heterocycles. The van der Waals surface area contributed by atoms with E-state index < -0.39 is 0 Å². The number of ether oxygens (including phenoxy) is 1. The molecule has 24 heavy (non-hydrogen) atoms. The molecule has 0 spiro atoms. The van der Waals surface area contributed by atoms with Crippen LogP contribution in [-0.2, 0) is 11.3 Å². The Hall–Kier alpha value is -2.93. The zero-order chi connectivity index (χ0) is 16.8. The SMILES string of the molecule is O=C(COc1ccsc1)Nc1cccc(Cn2cccnc2=O)c1. The standard InChI is InChI=1S/C17H15N3O3S/c21-16(11-23-15-5-8-24-12-15)19-14-4-1-3-13(9-14)10-20-7-2-6-18-17(20)22/h1-9,12H,10-11H2,(H,19,21). The molecule has 122 valence electrons. The van der Waals surface area contributed by atoms with Crippen molar-refractivity contribution in [1.82, 2.24) is 9.55 Å². The number of benzene rings is 1. The van der Waals surface area contributed by atoms with E-state index in [1.165, 1.54) is 22.1 Å². The fourth-order valence-electron chi connectivity index (χ4n) is 2.13. The minimum Gasteiger partial charge on any atom is -0.483 e. The van der Waals surface area contributed by atoms with Crippen molar-refractivity contribution in [3.63, 3.8) is 0 Å². The lowest BCUT2D eigenvalue weighted by Gasteiger charge is -2.09. The van der Waals surface area contributed by atoms with E-state index in [4.69, 9.17) is 4.74 Å². The molecule has 3 aromatic rings. The summed E-state index contributed by atoms with van der Waals surface area (Å²) in [6, 6.07) is 10.8. The number of amides is 1. The van der Waals surface area contributed by atoms with Crippen LogP contribution in [0.1, 0.15) is 5.56 Å². The second-order valence-electron chi connectivity index (χ2n) is 5.03. The van der Waals surface area contributed by atoms with Crippen LogP contribution in [0, 0.1) is 0 Å². The fourth-order valence-corrected chi connectivity index (χ4v) is 2.70. The molecule has 2 aromatic heterocycles. The van der Waals surface area contributed by atoms with E-state index >= 15 is 0 Å². The average molecular weight is 341 g/mol. The molecule has 1 amide bonds. The summed E-state index contributed by atoms with van der Waals surface area (Å²) in [5.41, 5.74) is 1.24. The van der Waals surface area contributed by atoms with Gasteiger partial charge in [-0.05, 0) is 35.2 Å². The number of nitrogens with one attached hydrogen (secondary N) is 1. The van der Waals surface area contributed by atoms with Crippen LogP contribution in [0.5, 0.6) is 5.75 Å². The van der Waals surface area contributed by atoms with Gasteiger partial charge in [0.2, 0.25) is 0 Å². The molecule has 0 bridgehead atoms. The van der Waals surface area contributed by atoms with Crippen molar-refractivity contribution >= 4 is 22.9 Å². The minimum atomic E-state index is -0.309. The van der Waals surface area contributed by atoms with Crippen LogP contribution in [0.3, 0.4) is 0 Å². The molecule has 0 atom stereocenters. The highest BCUT2D eigenvalue weighted by Crippen LogP contribution is 2.15. The summed E-state index contributed by atoms with van der Waals surface area (Å²) in [6.45, 7) is 0.338. The van der Waals surface area contributed by atoms with Crippen LogP contribution in [0.4, 0.5) is 5.69 Å². The summed E-state index contributed by atoms with van der Waals surface area (Å²) in [5, 5.41) is 6.50. The summed E-state index contributed by atoms with van der Waals surface area (Å²) < 4.78 is 6.87. The lowest BCUT2D eigenvalue weighted by Crippen LogP contribution is -2.22. The Balaban J connectivity index is 1.61. The van der Waals surface area contributed by atoms with Crippen molar-refractivity contribution in [2.45, 2.75) is 6.54 Å². The summed E-state index contributed by atoms with van der Waals surface area (Å²) >= 11 is 1.51. The molecular formula is C17H15N3O3S. The van der Waals surface area contributed by atoms with Crippen LogP contribution >= 0.6 is 11.3 Å². The number of aromatic nitrogens is 2. The molecular weight excluding hydrogens is 326 g/mol. The Morgan fingerprint density at radius 1 is 1.29 bits per heavy atom. The van der Waals surface area contributed by atoms with Crippen molar-refractivity contribution < 1.29 is 9.53 Å². The third kappa shape index (κ3) is 4.30. The van der Waals surface area contributed by atoms with E-state index in [0.717, 1.165) is 5.56 Å². The Morgan fingerprint density at radius 2 is 2.21 bits per heavy atom. The lowest BCUT2D eigenvalue weighted by atomic mass is 10.2. The molecule has 0 saturated carbocycles. The first-order chi connectivity index (χ1) is 11.7. The van der Waals surface area contributed by atoms with Crippen molar-refractivity contribution in [3.05, 3.63) is 75.6 Å². The highest BCUT2D eigenvalue weighted by molar-refractivity contribution is 7.08. The predicted octanol–water partition coefficient (Wildman–Crippen LogP) is 2.37. The zero-order valence-electron chi connectivity index (χ0n) is 12.7. The first-order valence-electron chi connectivity index (χ1n) is 7.26. The normalized spacial score (nSPS) is 10.3. The van der Waals surface area contributed by atoms with Gasteiger partial charge in [0.15, 0.2) is 6.61 Å². The van der Waals surface area contributed by atoms with Gasteiger partial charge in [-0.15, -0.1) is 11.3 Å². The van der Waals surface area contributed by atoms with E-state index in [9.17, 15) is 9.59 Å². The van der Waals surface area contributed by atoms with Crippen LogP contribution in [0.15, 0.2) is 64.3 Å². The van der Waals surface area contributed by atoms with Crippen molar-refractivity contribution in [1.29, 1.82) is 0 Å². The number of nitrogens with zero attached hydrogens (tertiary/aromatic N) is 2. The number of anilines is 1. The third-order valence-corrected chi connectivity index (χ3v) is 3.87. The highest BCUT2D eigenvalue weighted by Gasteiger charge is 2.05. The zero-order valence-corrected chi connectivity index (χ0v) is 13.5. The Labute approximate surface area is 142 Å². The molecule has 7 heteroatoms. The van der Waals surface area contributed by atoms with Crippen LogP contribution in [0.25, 0.3) is 0 Å². The number of rotatable bonds is 6. The monoisotopic (exact) mass is 341 g/mol. The van der Waals surface area contributed by atoms with E-state index in [-0.39, 0.29) is 18.2 Å². The Morgan fingerprint density at radius 3 is 3.00 bits per heavy atom. The molecule has 0 aliphatic heterocycles. The van der Waals surface area contributed by atoms with Gasteiger partial charge in [-0.2, -0.15) is 0 Å². The fraction of sp³-hybridized carbons (Fsp3) is 0.118. The van der Waals surface area contributed by atoms with Crippen LogP contribution < -0.4 is 15.7 Å². The summed E-state index contributed by atoms with van der Waals surface area (Å²) in [5.74, 6) is 0.441. The van der Waals surface area contributed by atoms with Gasteiger partial charge in [0.1, 0.15) is 5.75 Å². The second kappa shape index (κ2) is 7.56. The number of hydrogen-bond acceptors (Lipinski definition) is 5. The lowest BCUT2D eigenvalue weighted by molar-refractivity contribution is -0.118. The van der Waals surface area contributed by atoms with Gasteiger partial charge in [-0.1, -0.05) is 12.1 Å². The third-order valence-electron chi connectivity index (χ3n) is 3.21. The molecule has 0 saturated heterocycles. The molecule has 0 radical (unpaired) electrons. The van der Waals surface area contributed by atoms with E-state index in [2.05, 4.69) is 10.3 Å².